The van der Waals surface area contributed by atoms with E-state index in [-0.39, 0.29) is 0 Å². The van der Waals surface area contributed by atoms with Crippen LogP contribution >= 0.6 is 15.9 Å². The van der Waals surface area contributed by atoms with Crippen LogP contribution in [-0.4, -0.2) is 16.3 Å². The number of nitrogens with one attached hydrogen (secondary N) is 1. The molecule has 1 heterocycles. The van der Waals surface area contributed by atoms with Gasteiger partial charge in [-0.1, -0.05) is 12.1 Å². The van der Waals surface area contributed by atoms with Crippen molar-refractivity contribution in [1.29, 1.82) is 0 Å². The number of anilines is 1. The van der Waals surface area contributed by atoms with Crippen LogP contribution in [0.15, 0.2) is 35.1 Å². The standard InChI is InChI=1S/C13H16BrN3/c1-10-4-3-5-12(13(10)14)15-7-6-11-8-16-17(2)9-11/h3-5,8-9,15H,6-7H2,1-2H3. The minimum Gasteiger partial charge on any atom is -0.384 e. The summed E-state index contributed by atoms with van der Waals surface area (Å²) in [6, 6.07) is 6.24. The Labute approximate surface area is 110 Å². The van der Waals surface area contributed by atoms with Gasteiger partial charge in [0.1, 0.15) is 0 Å². The first-order valence-electron chi connectivity index (χ1n) is 5.63. The second kappa shape index (κ2) is 5.36. The van der Waals surface area contributed by atoms with Gasteiger partial charge in [-0.25, -0.2) is 0 Å². The molecule has 0 radical (unpaired) electrons. The first-order chi connectivity index (χ1) is 8.16. The third-order valence-corrected chi connectivity index (χ3v) is 3.73. The summed E-state index contributed by atoms with van der Waals surface area (Å²) in [4.78, 5) is 0. The highest BCUT2D eigenvalue weighted by molar-refractivity contribution is 9.10. The number of aromatic nitrogens is 2. The fraction of sp³-hybridized carbons (Fsp3) is 0.308. The van der Waals surface area contributed by atoms with Crippen LogP contribution in [0.3, 0.4) is 0 Å². The molecule has 0 saturated carbocycles. The van der Waals surface area contributed by atoms with E-state index in [2.05, 4.69) is 51.5 Å². The molecule has 0 aliphatic rings. The largest absolute Gasteiger partial charge is 0.384 e. The Kier molecular flexibility index (Phi) is 3.84. The summed E-state index contributed by atoms with van der Waals surface area (Å²) >= 11 is 3.59. The van der Waals surface area contributed by atoms with Gasteiger partial charge in [-0.2, -0.15) is 5.10 Å². The number of aryl methyl sites for hydroxylation is 2. The minimum absolute atomic E-state index is 0.910. The smallest absolute Gasteiger partial charge is 0.0522 e. The van der Waals surface area contributed by atoms with Crippen LogP contribution in [-0.2, 0) is 13.5 Å². The van der Waals surface area contributed by atoms with Gasteiger partial charge < -0.3 is 5.32 Å². The van der Waals surface area contributed by atoms with E-state index in [9.17, 15) is 0 Å². The lowest BCUT2D eigenvalue weighted by molar-refractivity contribution is 0.767. The number of nitrogens with zero attached hydrogens (tertiary/aromatic N) is 2. The van der Waals surface area contributed by atoms with Gasteiger partial charge in [-0.15, -0.1) is 0 Å². The van der Waals surface area contributed by atoms with Crippen molar-refractivity contribution >= 4 is 21.6 Å². The summed E-state index contributed by atoms with van der Waals surface area (Å²) in [5.74, 6) is 0. The van der Waals surface area contributed by atoms with Gasteiger partial charge in [-0.05, 0) is 46.5 Å². The number of halogens is 1. The molecule has 2 aromatic rings. The second-order valence-electron chi connectivity index (χ2n) is 4.14. The molecular formula is C13H16BrN3. The Bertz CT molecular complexity index is 505. The molecule has 3 nitrogen and oxygen atoms in total. The quantitative estimate of drug-likeness (QED) is 0.939. The zero-order chi connectivity index (χ0) is 12.3. The van der Waals surface area contributed by atoms with Crippen molar-refractivity contribution in [2.24, 2.45) is 7.05 Å². The molecule has 90 valence electrons. The van der Waals surface area contributed by atoms with E-state index in [1.54, 1.807) is 0 Å². The first kappa shape index (κ1) is 12.2. The predicted molar refractivity (Wildman–Crippen MR) is 74.3 cm³/mol. The van der Waals surface area contributed by atoms with E-state index in [1.807, 2.05) is 24.1 Å². The van der Waals surface area contributed by atoms with Gasteiger partial charge in [0.05, 0.1) is 6.20 Å². The van der Waals surface area contributed by atoms with Gasteiger partial charge in [0.15, 0.2) is 0 Å². The molecule has 0 aliphatic carbocycles. The summed E-state index contributed by atoms with van der Waals surface area (Å²) in [5, 5.41) is 7.58. The predicted octanol–water partition coefficient (Wildman–Crippen LogP) is 3.15. The molecule has 0 bridgehead atoms. The average molecular weight is 294 g/mol. The summed E-state index contributed by atoms with van der Waals surface area (Å²) in [6.45, 7) is 3.00. The van der Waals surface area contributed by atoms with E-state index in [0.29, 0.717) is 0 Å². The van der Waals surface area contributed by atoms with E-state index in [0.717, 1.165) is 23.1 Å². The lowest BCUT2D eigenvalue weighted by Gasteiger charge is -2.09. The van der Waals surface area contributed by atoms with Gasteiger partial charge in [0.25, 0.3) is 0 Å². The zero-order valence-electron chi connectivity index (χ0n) is 10.1. The van der Waals surface area contributed by atoms with Crippen LogP contribution in [0.2, 0.25) is 0 Å². The number of hydrogen-bond donors (Lipinski definition) is 1. The van der Waals surface area contributed by atoms with E-state index >= 15 is 0 Å². The topological polar surface area (TPSA) is 29.9 Å². The minimum atomic E-state index is 0.910. The number of rotatable bonds is 4. The van der Waals surface area contributed by atoms with Crippen LogP contribution in [0.25, 0.3) is 0 Å². The lowest BCUT2D eigenvalue weighted by Crippen LogP contribution is -2.05. The summed E-state index contributed by atoms with van der Waals surface area (Å²) in [7, 11) is 1.94. The van der Waals surface area contributed by atoms with Crippen LogP contribution in [0, 0.1) is 6.92 Å². The van der Waals surface area contributed by atoms with Crippen molar-refractivity contribution < 1.29 is 0 Å². The van der Waals surface area contributed by atoms with E-state index in [4.69, 9.17) is 0 Å². The molecule has 1 aromatic carbocycles. The molecule has 0 aliphatic heterocycles. The first-order valence-corrected chi connectivity index (χ1v) is 6.42. The number of benzene rings is 1. The molecule has 0 unspecified atom stereocenters. The highest BCUT2D eigenvalue weighted by atomic mass is 79.9. The lowest BCUT2D eigenvalue weighted by atomic mass is 10.2. The summed E-state index contributed by atoms with van der Waals surface area (Å²) in [6.07, 6.45) is 4.94. The van der Waals surface area contributed by atoms with Gasteiger partial charge in [-0.3, -0.25) is 4.68 Å². The van der Waals surface area contributed by atoms with E-state index in [1.165, 1.54) is 11.1 Å². The fourth-order valence-corrected chi connectivity index (χ4v) is 2.13. The van der Waals surface area contributed by atoms with Crippen molar-refractivity contribution in [1.82, 2.24) is 9.78 Å². The molecule has 0 amide bonds. The van der Waals surface area contributed by atoms with Crippen molar-refractivity contribution in [2.45, 2.75) is 13.3 Å². The van der Waals surface area contributed by atoms with E-state index < -0.39 is 0 Å². The fourth-order valence-electron chi connectivity index (χ4n) is 1.73. The number of hydrogen-bond acceptors (Lipinski definition) is 2. The molecule has 1 N–H and O–H groups in total. The molecule has 0 atom stereocenters. The molecule has 17 heavy (non-hydrogen) atoms. The maximum Gasteiger partial charge on any atom is 0.0522 e. The Balaban J connectivity index is 1.92. The maximum atomic E-state index is 4.15. The van der Waals surface area contributed by atoms with Crippen molar-refractivity contribution in [3.05, 3.63) is 46.2 Å². The van der Waals surface area contributed by atoms with Crippen LogP contribution in [0.1, 0.15) is 11.1 Å². The molecule has 0 fully saturated rings. The van der Waals surface area contributed by atoms with Gasteiger partial charge in [0, 0.05) is 29.9 Å². The van der Waals surface area contributed by atoms with Gasteiger partial charge in [0.2, 0.25) is 0 Å². The maximum absolute atomic E-state index is 4.15. The highest BCUT2D eigenvalue weighted by Crippen LogP contribution is 2.25. The molecule has 1 aromatic heterocycles. The third kappa shape index (κ3) is 3.09. The Morgan fingerprint density at radius 2 is 2.24 bits per heavy atom. The monoisotopic (exact) mass is 293 g/mol. The van der Waals surface area contributed by atoms with Crippen molar-refractivity contribution in [3.8, 4) is 0 Å². The second-order valence-corrected chi connectivity index (χ2v) is 4.93. The van der Waals surface area contributed by atoms with Gasteiger partial charge >= 0.3 is 0 Å². The van der Waals surface area contributed by atoms with Crippen LogP contribution in [0.4, 0.5) is 5.69 Å². The van der Waals surface area contributed by atoms with Crippen LogP contribution < -0.4 is 5.32 Å². The SMILES string of the molecule is Cc1cccc(NCCc2cnn(C)c2)c1Br. The Morgan fingerprint density at radius 3 is 2.94 bits per heavy atom. The molecular weight excluding hydrogens is 278 g/mol. The van der Waals surface area contributed by atoms with Crippen molar-refractivity contribution in [3.63, 3.8) is 0 Å². The molecule has 4 heteroatoms. The molecule has 0 spiro atoms. The zero-order valence-corrected chi connectivity index (χ0v) is 11.7. The summed E-state index contributed by atoms with van der Waals surface area (Å²) in [5.41, 5.74) is 3.65. The Hall–Kier alpha value is -1.29. The third-order valence-electron chi connectivity index (χ3n) is 2.68. The van der Waals surface area contributed by atoms with Crippen LogP contribution in [0.5, 0.6) is 0 Å². The van der Waals surface area contributed by atoms with Crippen molar-refractivity contribution in [2.75, 3.05) is 11.9 Å². The molecule has 0 saturated heterocycles. The Morgan fingerprint density at radius 1 is 1.41 bits per heavy atom. The highest BCUT2D eigenvalue weighted by Gasteiger charge is 2.01. The normalized spacial score (nSPS) is 10.5. The summed E-state index contributed by atoms with van der Waals surface area (Å²) < 4.78 is 2.98. The molecule has 2 rings (SSSR count). The average Bonchev–Trinajstić information content (AvgIpc) is 2.70.